The number of carbonyl (C=O) groups is 1. The summed E-state index contributed by atoms with van der Waals surface area (Å²) in [7, 11) is 0. The summed E-state index contributed by atoms with van der Waals surface area (Å²) < 4.78 is 8.29. The van der Waals surface area contributed by atoms with Crippen molar-refractivity contribution < 1.29 is 9.53 Å². The predicted octanol–water partition coefficient (Wildman–Crippen LogP) is 4.69. The minimum atomic E-state index is 0.103. The standard InChI is InChI=1S/C25H31N3O2/c1-3-10-20-12-5-8-15-23(20)30-19-9-18-28-22-14-7-6-13-21(22)27-24(28)16-17-26-25(29)11-4-2/h3,5-8,12-15H,1,4,9-11,16-19H2,2H3,(H,26,29). The maximum absolute atomic E-state index is 11.7. The van der Waals surface area contributed by atoms with Crippen LogP contribution in [0.1, 0.15) is 37.6 Å². The van der Waals surface area contributed by atoms with Crippen molar-refractivity contribution in [1.82, 2.24) is 14.9 Å². The number of aromatic nitrogens is 2. The van der Waals surface area contributed by atoms with Gasteiger partial charge in [-0.05, 0) is 43.0 Å². The molecule has 1 aromatic heterocycles. The fourth-order valence-electron chi connectivity index (χ4n) is 3.57. The molecule has 0 unspecified atom stereocenters. The van der Waals surface area contributed by atoms with E-state index in [1.807, 2.05) is 49.4 Å². The van der Waals surface area contributed by atoms with Crippen molar-refractivity contribution in [2.24, 2.45) is 0 Å². The van der Waals surface area contributed by atoms with Crippen LogP contribution in [0.4, 0.5) is 0 Å². The number of imidazole rings is 1. The van der Waals surface area contributed by atoms with E-state index < -0.39 is 0 Å². The first-order chi connectivity index (χ1) is 14.7. The molecular formula is C25H31N3O2. The van der Waals surface area contributed by atoms with Crippen molar-refractivity contribution in [3.05, 3.63) is 72.6 Å². The highest BCUT2D eigenvalue weighted by Gasteiger charge is 2.11. The molecule has 0 aliphatic heterocycles. The molecule has 1 N–H and O–H groups in total. The molecule has 158 valence electrons. The van der Waals surface area contributed by atoms with Gasteiger partial charge in [0.1, 0.15) is 11.6 Å². The summed E-state index contributed by atoms with van der Waals surface area (Å²) in [6, 6.07) is 16.3. The van der Waals surface area contributed by atoms with E-state index in [4.69, 9.17) is 9.72 Å². The van der Waals surface area contributed by atoms with Gasteiger partial charge in [-0.15, -0.1) is 6.58 Å². The van der Waals surface area contributed by atoms with E-state index >= 15 is 0 Å². The van der Waals surface area contributed by atoms with Crippen molar-refractivity contribution >= 4 is 16.9 Å². The number of nitrogens with zero attached hydrogens (tertiary/aromatic N) is 2. The van der Waals surface area contributed by atoms with Crippen LogP contribution >= 0.6 is 0 Å². The molecule has 2 aromatic carbocycles. The fourth-order valence-corrected chi connectivity index (χ4v) is 3.57. The molecule has 3 rings (SSSR count). The van der Waals surface area contributed by atoms with Crippen molar-refractivity contribution in [2.75, 3.05) is 13.2 Å². The van der Waals surface area contributed by atoms with Crippen LogP contribution in [0, 0.1) is 0 Å². The second kappa shape index (κ2) is 11.2. The summed E-state index contributed by atoms with van der Waals surface area (Å²) in [5, 5.41) is 2.99. The third-order valence-electron chi connectivity index (χ3n) is 5.00. The number of benzene rings is 2. The Morgan fingerprint density at radius 1 is 1.20 bits per heavy atom. The number of ether oxygens (including phenoxy) is 1. The SMILES string of the molecule is C=CCc1ccccc1OCCCn1c(CCNC(=O)CCC)nc2ccccc21. The molecule has 3 aromatic rings. The van der Waals surface area contributed by atoms with Crippen molar-refractivity contribution in [1.29, 1.82) is 0 Å². The van der Waals surface area contributed by atoms with Gasteiger partial charge in [0.25, 0.3) is 0 Å². The highest BCUT2D eigenvalue weighted by Crippen LogP contribution is 2.20. The molecular weight excluding hydrogens is 374 g/mol. The first-order valence-electron chi connectivity index (χ1n) is 10.8. The van der Waals surface area contributed by atoms with Crippen LogP contribution in [0.3, 0.4) is 0 Å². The summed E-state index contributed by atoms with van der Waals surface area (Å²) in [5.74, 6) is 2.03. The van der Waals surface area contributed by atoms with Crippen LogP contribution in [0.25, 0.3) is 11.0 Å². The van der Waals surface area contributed by atoms with Gasteiger partial charge in [-0.1, -0.05) is 43.3 Å². The third kappa shape index (κ3) is 5.72. The maximum Gasteiger partial charge on any atom is 0.219 e. The third-order valence-corrected chi connectivity index (χ3v) is 5.00. The molecule has 1 heterocycles. The van der Waals surface area contributed by atoms with Crippen LogP contribution in [-0.2, 0) is 24.2 Å². The smallest absolute Gasteiger partial charge is 0.219 e. The van der Waals surface area contributed by atoms with Crippen molar-refractivity contribution in [3.63, 3.8) is 0 Å². The maximum atomic E-state index is 11.7. The second-order valence-corrected chi connectivity index (χ2v) is 7.32. The van der Waals surface area contributed by atoms with E-state index in [0.717, 1.165) is 54.0 Å². The Balaban J connectivity index is 1.62. The lowest BCUT2D eigenvalue weighted by molar-refractivity contribution is -0.121. The Kier molecular flexibility index (Phi) is 8.07. The van der Waals surface area contributed by atoms with Gasteiger partial charge in [-0.25, -0.2) is 4.98 Å². The van der Waals surface area contributed by atoms with E-state index in [9.17, 15) is 4.79 Å². The first-order valence-corrected chi connectivity index (χ1v) is 10.8. The number of amides is 1. The molecule has 0 aliphatic rings. The number of nitrogens with one attached hydrogen (secondary N) is 1. The molecule has 5 heteroatoms. The van der Waals surface area contributed by atoms with Gasteiger partial charge in [0.2, 0.25) is 5.91 Å². The molecule has 0 saturated carbocycles. The van der Waals surface area contributed by atoms with E-state index in [-0.39, 0.29) is 5.91 Å². The van der Waals surface area contributed by atoms with E-state index in [2.05, 4.69) is 28.6 Å². The second-order valence-electron chi connectivity index (χ2n) is 7.32. The Morgan fingerprint density at radius 3 is 2.83 bits per heavy atom. The summed E-state index contributed by atoms with van der Waals surface area (Å²) in [4.78, 5) is 16.5. The van der Waals surface area contributed by atoms with Gasteiger partial charge in [0.05, 0.1) is 17.6 Å². The number of aryl methyl sites for hydroxylation is 1. The predicted molar refractivity (Wildman–Crippen MR) is 122 cm³/mol. The molecule has 0 bridgehead atoms. The van der Waals surface area contributed by atoms with Crippen molar-refractivity contribution in [3.8, 4) is 5.75 Å². The van der Waals surface area contributed by atoms with E-state index in [1.165, 1.54) is 0 Å². The van der Waals surface area contributed by atoms with Crippen LogP contribution in [0.2, 0.25) is 0 Å². The monoisotopic (exact) mass is 405 g/mol. The highest BCUT2D eigenvalue weighted by atomic mass is 16.5. The zero-order valence-corrected chi connectivity index (χ0v) is 17.8. The Labute approximate surface area is 178 Å². The molecule has 30 heavy (non-hydrogen) atoms. The quantitative estimate of drug-likeness (QED) is 0.351. The Hall–Kier alpha value is -3.08. The van der Waals surface area contributed by atoms with Crippen LogP contribution < -0.4 is 10.1 Å². The topological polar surface area (TPSA) is 56.1 Å². The Morgan fingerprint density at radius 2 is 2.00 bits per heavy atom. The molecule has 0 radical (unpaired) electrons. The van der Waals surface area contributed by atoms with E-state index in [0.29, 0.717) is 26.0 Å². The number of hydrogen-bond donors (Lipinski definition) is 1. The fraction of sp³-hybridized carbons (Fsp3) is 0.360. The van der Waals surface area contributed by atoms with Gasteiger partial charge in [0, 0.05) is 25.9 Å². The lowest BCUT2D eigenvalue weighted by Crippen LogP contribution is -2.26. The van der Waals surface area contributed by atoms with Crippen LogP contribution in [0.15, 0.2) is 61.2 Å². The molecule has 0 aliphatic carbocycles. The number of para-hydroxylation sites is 3. The first kappa shape index (κ1) is 21.6. The molecule has 0 fully saturated rings. The number of rotatable bonds is 12. The van der Waals surface area contributed by atoms with Crippen LogP contribution in [-0.4, -0.2) is 28.6 Å². The zero-order valence-electron chi connectivity index (χ0n) is 17.8. The largest absolute Gasteiger partial charge is 0.493 e. The highest BCUT2D eigenvalue weighted by molar-refractivity contribution is 5.76. The van der Waals surface area contributed by atoms with Gasteiger partial charge in [-0.2, -0.15) is 0 Å². The van der Waals surface area contributed by atoms with Gasteiger partial charge < -0.3 is 14.6 Å². The summed E-state index contributed by atoms with van der Waals surface area (Å²) in [5.41, 5.74) is 3.27. The van der Waals surface area contributed by atoms with Gasteiger partial charge in [0.15, 0.2) is 0 Å². The van der Waals surface area contributed by atoms with E-state index in [1.54, 1.807) is 0 Å². The lowest BCUT2D eigenvalue weighted by Gasteiger charge is -2.12. The van der Waals surface area contributed by atoms with Gasteiger partial charge >= 0.3 is 0 Å². The number of hydrogen-bond acceptors (Lipinski definition) is 3. The average Bonchev–Trinajstić information content (AvgIpc) is 3.10. The molecule has 0 saturated heterocycles. The average molecular weight is 406 g/mol. The zero-order chi connectivity index (χ0) is 21.2. The summed E-state index contributed by atoms with van der Waals surface area (Å²) >= 11 is 0. The lowest BCUT2D eigenvalue weighted by atomic mass is 10.1. The normalized spacial score (nSPS) is 10.8. The molecule has 5 nitrogen and oxygen atoms in total. The molecule has 0 spiro atoms. The minimum Gasteiger partial charge on any atom is -0.493 e. The summed E-state index contributed by atoms with van der Waals surface area (Å²) in [6.07, 6.45) is 5.72. The van der Waals surface area contributed by atoms with Crippen LogP contribution in [0.5, 0.6) is 5.75 Å². The number of fused-ring (bicyclic) bond motifs is 1. The molecule has 1 amide bonds. The van der Waals surface area contributed by atoms with Crippen molar-refractivity contribution in [2.45, 2.75) is 45.6 Å². The minimum absolute atomic E-state index is 0.103. The van der Waals surface area contributed by atoms with Gasteiger partial charge in [-0.3, -0.25) is 4.79 Å². The number of allylic oxidation sites excluding steroid dienone is 1. The number of carbonyl (C=O) groups excluding carboxylic acids is 1. The summed E-state index contributed by atoms with van der Waals surface area (Å²) in [6.45, 7) is 7.89. The molecule has 0 atom stereocenters. The Bertz CT molecular complexity index is 977.